The van der Waals surface area contributed by atoms with Gasteiger partial charge in [-0.2, -0.15) is 0 Å². The number of methoxy groups -OCH3 is 2. The lowest BCUT2D eigenvalue weighted by Gasteiger charge is -2.11. The van der Waals surface area contributed by atoms with Crippen molar-refractivity contribution < 1.29 is 23.4 Å². The molecule has 4 nitrogen and oxygen atoms in total. The first-order valence-corrected chi connectivity index (χ1v) is 8.76. The van der Waals surface area contributed by atoms with Crippen molar-refractivity contribution in [3.8, 4) is 11.5 Å². The summed E-state index contributed by atoms with van der Waals surface area (Å²) in [5.41, 5.74) is 0.911. The Hall–Kier alpha value is -2.27. The Morgan fingerprint density at radius 3 is 2.12 bits per heavy atom. The van der Waals surface area contributed by atoms with E-state index < -0.39 is 11.8 Å². The van der Waals surface area contributed by atoms with Crippen molar-refractivity contribution in [1.82, 2.24) is 0 Å². The number of hydrogen-bond donors (Lipinski definition) is 0. The van der Waals surface area contributed by atoms with E-state index >= 15 is 0 Å². The van der Waals surface area contributed by atoms with Crippen molar-refractivity contribution >= 4 is 17.6 Å². The van der Waals surface area contributed by atoms with E-state index in [0.717, 1.165) is 17.4 Å². The number of esters is 1. The molecule has 0 aliphatic rings. The van der Waals surface area contributed by atoms with Crippen molar-refractivity contribution in [3.05, 3.63) is 58.4 Å². The number of hydrogen-bond acceptors (Lipinski definition) is 4. The van der Waals surface area contributed by atoms with Crippen LogP contribution >= 0.6 is 11.6 Å². The first-order valence-electron chi connectivity index (χ1n) is 8.38. The van der Waals surface area contributed by atoms with E-state index in [1.165, 1.54) is 13.2 Å². The summed E-state index contributed by atoms with van der Waals surface area (Å²) in [5, 5.41) is -0.169. The van der Waals surface area contributed by atoms with Gasteiger partial charge >= 0.3 is 5.97 Å². The molecule has 2 rings (SSSR count). The maximum Gasteiger partial charge on any atom is 0.341 e. The van der Waals surface area contributed by atoms with Crippen LogP contribution in [0.5, 0.6) is 11.5 Å². The molecule has 26 heavy (non-hydrogen) atoms. The van der Waals surface area contributed by atoms with Crippen LogP contribution in [0.15, 0.2) is 36.4 Å². The lowest BCUT2D eigenvalue weighted by Crippen LogP contribution is -2.06. The fourth-order valence-electron chi connectivity index (χ4n) is 1.80. The zero-order valence-electron chi connectivity index (χ0n) is 16.1. The normalized spacial score (nSPS) is 9.08. The van der Waals surface area contributed by atoms with Crippen LogP contribution in [-0.2, 0) is 11.3 Å². The van der Waals surface area contributed by atoms with Crippen LogP contribution in [0.1, 0.15) is 43.6 Å². The van der Waals surface area contributed by atoms with E-state index in [1.54, 1.807) is 19.2 Å². The quantitative estimate of drug-likeness (QED) is 0.601. The Morgan fingerprint density at radius 1 is 1.04 bits per heavy atom. The van der Waals surface area contributed by atoms with Crippen molar-refractivity contribution in [2.24, 2.45) is 0 Å². The lowest BCUT2D eigenvalue weighted by atomic mass is 10.2. The predicted octanol–water partition coefficient (Wildman–Crippen LogP) is 5.91. The lowest BCUT2D eigenvalue weighted by molar-refractivity contribution is 0.0595. The molecule has 0 radical (unpaired) electrons. The molecule has 0 saturated heterocycles. The van der Waals surface area contributed by atoms with Crippen molar-refractivity contribution in [3.63, 3.8) is 0 Å². The van der Waals surface area contributed by atoms with E-state index in [9.17, 15) is 9.18 Å². The summed E-state index contributed by atoms with van der Waals surface area (Å²) >= 11 is 5.69. The van der Waals surface area contributed by atoms with Gasteiger partial charge < -0.3 is 14.2 Å². The minimum atomic E-state index is -0.668. The third-order valence-corrected chi connectivity index (χ3v) is 3.27. The van der Waals surface area contributed by atoms with Gasteiger partial charge in [-0.05, 0) is 23.8 Å². The molecule has 0 N–H and O–H groups in total. The van der Waals surface area contributed by atoms with Crippen LogP contribution in [0.3, 0.4) is 0 Å². The summed E-state index contributed by atoms with van der Waals surface area (Å²) < 4.78 is 28.8. The Kier molecular flexibility index (Phi) is 11.9. The summed E-state index contributed by atoms with van der Waals surface area (Å²) in [7, 11) is 2.80. The van der Waals surface area contributed by atoms with E-state index in [4.69, 9.17) is 21.1 Å². The van der Waals surface area contributed by atoms with Crippen molar-refractivity contribution in [1.29, 1.82) is 0 Å². The van der Waals surface area contributed by atoms with Gasteiger partial charge in [0.2, 0.25) is 0 Å². The largest absolute Gasteiger partial charge is 0.497 e. The SMILES string of the molecule is CC.CC.COC(=O)c1cc(Cl)c(F)cc1OCc1ccc(OC)cc1. The van der Waals surface area contributed by atoms with E-state index in [-0.39, 0.29) is 22.9 Å². The molecule has 0 fully saturated rings. The van der Waals surface area contributed by atoms with Crippen LogP contribution in [0, 0.1) is 5.82 Å². The maximum atomic E-state index is 13.6. The number of rotatable bonds is 5. The minimum Gasteiger partial charge on any atom is -0.497 e. The number of ether oxygens (including phenoxy) is 3. The molecule has 2 aromatic carbocycles. The van der Waals surface area contributed by atoms with Crippen LogP contribution in [0.4, 0.5) is 4.39 Å². The Bertz CT molecular complexity index is 672. The zero-order valence-corrected chi connectivity index (χ0v) is 16.8. The summed E-state index contributed by atoms with van der Waals surface area (Å²) in [6.07, 6.45) is 0. The fourth-order valence-corrected chi connectivity index (χ4v) is 1.96. The predicted molar refractivity (Wildman–Crippen MR) is 103 cm³/mol. The van der Waals surface area contributed by atoms with Gasteiger partial charge in [-0.15, -0.1) is 0 Å². The topological polar surface area (TPSA) is 44.8 Å². The summed E-state index contributed by atoms with van der Waals surface area (Å²) in [4.78, 5) is 11.7. The van der Waals surface area contributed by atoms with Gasteiger partial charge in [0.15, 0.2) is 0 Å². The Morgan fingerprint density at radius 2 is 1.62 bits per heavy atom. The standard InChI is InChI=1S/C16H14ClFO4.2C2H6/c1-20-11-5-3-10(4-6-11)9-22-15-8-14(18)13(17)7-12(15)16(19)21-2;2*1-2/h3-8H,9H2,1-2H3;2*1-2H3. The summed E-state index contributed by atoms with van der Waals surface area (Å²) in [6, 6.07) is 9.43. The van der Waals surface area contributed by atoms with E-state index in [1.807, 2.05) is 39.8 Å². The summed E-state index contributed by atoms with van der Waals surface area (Å²) in [5.74, 6) is -0.521. The second kappa shape index (κ2) is 13.0. The van der Waals surface area contributed by atoms with Gasteiger partial charge in [0.05, 0.1) is 19.2 Å². The zero-order chi connectivity index (χ0) is 20.1. The molecule has 2 aromatic rings. The monoisotopic (exact) mass is 384 g/mol. The number of halogens is 2. The number of benzene rings is 2. The molecule has 0 amide bonds. The Balaban J connectivity index is 0.00000146. The highest BCUT2D eigenvalue weighted by Crippen LogP contribution is 2.27. The van der Waals surface area contributed by atoms with Gasteiger partial charge in [-0.1, -0.05) is 51.4 Å². The van der Waals surface area contributed by atoms with Crippen molar-refractivity contribution in [2.45, 2.75) is 34.3 Å². The number of carbonyl (C=O) groups excluding carboxylic acids is 1. The van der Waals surface area contributed by atoms with Gasteiger partial charge in [-0.25, -0.2) is 9.18 Å². The Labute approximate surface area is 159 Å². The molecule has 0 aliphatic heterocycles. The number of carbonyl (C=O) groups is 1. The molecule has 0 bridgehead atoms. The first kappa shape index (κ1) is 23.7. The molecule has 0 atom stereocenters. The molecule has 0 saturated carbocycles. The third-order valence-electron chi connectivity index (χ3n) is 2.98. The highest BCUT2D eigenvalue weighted by atomic mass is 35.5. The van der Waals surface area contributed by atoms with Crippen LogP contribution in [0.25, 0.3) is 0 Å². The molecular formula is C20H26ClFO4. The van der Waals surface area contributed by atoms with Crippen LogP contribution < -0.4 is 9.47 Å². The van der Waals surface area contributed by atoms with Crippen LogP contribution in [-0.4, -0.2) is 20.2 Å². The smallest absolute Gasteiger partial charge is 0.341 e. The average Bonchev–Trinajstić information content (AvgIpc) is 2.71. The molecule has 0 unspecified atom stereocenters. The highest BCUT2D eigenvalue weighted by Gasteiger charge is 2.17. The van der Waals surface area contributed by atoms with Crippen molar-refractivity contribution in [2.75, 3.05) is 14.2 Å². The van der Waals surface area contributed by atoms with E-state index in [2.05, 4.69) is 4.74 Å². The van der Waals surface area contributed by atoms with Crippen LogP contribution in [0.2, 0.25) is 5.02 Å². The molecule has 0 spiro atoms. The molecule has 0 aromatic heterocycles. The molecular weight excluding hydrogens is 359 g/mol. The molecule has 6 heteroatoms. The van der Waals surface area contributed by atoms with Gasteiger partial charge in [0.25, 0.3) is 0 Å². The van der Waals surface area contributed by atoms with Gasteiger partial charge in [0.1, 0.15) is 29.5 Å². The highest BCUT2D eigenvalue weighted by molar-refractivity contribution is 6.31. The average molecular weight is 385 g/mol. The third kappa shape index (κ3) is 6.92. The van der Waals surface area contributed by atoms with Gasteiger partial charge in [0, 0.05) is 6.07 Å². The van der Waals surface area contributed by atoms with Gasteiger partial charge in [-0.3, -0.25) is 0 Å². The second-order valence-corrected chi connectivity index (χ2v) is 4.80. The molecule has 144 valence electrons. The maximum absolute atomic E-state index is 13.6. The fraction of sp³-hybridized carbons (Fsp3) is 0.350. The molecule has 0 heterocycles. The van der Waals surface area contributed by atoms with E-state index in [0.29, 0.717) is 0 Å². The summed E-state index contributed by atoms with van der Waals surface area (Å²) in [6.45, 7) is 8.16. The minimum absolute atomic E-state index is 0.0717. The molecule has 0 aliphatic carbocycles. The first-order chi connectivity index (χ1) is 12.5. The second-order valence-electron chi connectivity index (χ2n) is 4.39.